The number of nitrogens with two attached hydrogens (primary N) is 1. The highest BCUT2D eigenvalue weighted by atomic mass is 32.2. The van der Waals surface area contributed by atoms with Crippen LogP contribution in [-0.2, 0) is 6.54 Å². The lowest BCUT2D eigenvalue weighted by atomic mass is 9.93. The molecule has 5 heteroatoms. The second-order valence-electron chi connectivity index (χ2n) is 13.2. The molecule has 2 heterocycles. The largest absolute Gasteiger partial charge is 0.456 e. The highest BCUT2D eigenvalue weighted by Gasteiger charge is 2.19. The summed E-state index contributed by atoms with van der Waals surface area (Å²) in [5.41, 5.74) is 18.6. The molecule has 0 bridgehead atoms. The van der Waals surface area contributed by atoms with Crippen LogP contribution in [0.15, 0.2) is 190 Å². The SMILES string of the molecule is C=Cc1cc(C(N)=NC(=NCc2cccc3oc4ccc(-c5cccc6c5C(=C)/C=C\C=C(\c5ccccc5)S6)cc4c23)c2ccccc2)ccc1/C=C\C. The van der Waals surface area contributed by atoms with E-state index in [0.717, 1.165) is 76.9 Å². The quantitative estimate of drug-likeness (QED) is 0.125. The van der Waals surface area contributed by atoms with Crippen LogP contribution in [0, 0.1) is 0 Å². The van der Waals surface area contributed by atoms with Gasteiger partial charge in [-0.2, -0.15) is 0 Å². The predicted octanol–water partition coefficient (Wildman–Crippen LogP) is 13.0. The lowest BCUT2D eigenvalue weighted by Gasteiger charge is -2.18. The molecule has 0 amide bonds. The smallest absolute Gasteiger partial charge is 0.157 e. The highest BCUT2D eigenvalue weighted by Crippen LogP contribution is 2.44. The first-order valence-corrected chi connectivity index (χ1v) is 19.0. The topological polar surface area (TPSA) is 63.9 Å². The molecule has 2 N–H and O–H groups in total. The summed E-state index contributed by atoms with van der Waals surface area (Å²) < 4.78 is 6.43. The van der Waals surface area contributed by atoms with Crippen LogP contribution in [0.5, 0.6) is 0 Å². The number of hydrogen-bond acceptors (Lipinski definition) is 3. The number of allylic oxidation sites excluding steroid dienone is 5. The van der Waals surface area contributed by atoms with Gasteiger partial charge in [-0.25, -0.2) is 4.99 Å². The van der Waals surface area contributed by atoms with E-state index >= 15 is 0 Å². The molecule has 0 unspecified atom stereocenters. The van der Waals surface area contributed by atoms with Crippen LogP contribution in [0.3, 0.4) is 0 Å². The minimum Gasteiger partial charge on any atom is -0.456 e. The number of furan rings is 1. The summed E-state index contributed by atoms with van der Waals surface area (Å²) in [5, 5.41) is 2.06. The van der Waals surface area contributed by atoms with Gasteiger partial charge in [0.05, 0.1) is 6.54 Å². The number of amidine groups is 2. The summed E-state index contributed by atoms with van der Waals surface area (Å²) in [4.78, 5) is 12.4. The number of aliphatic imine (C=N–C) groups is 2. The Morgan fingerprint density at radius 1 is 0.782 bits per heavy atom. The van der Waals surface area contributed by atoms with Crippen LogP contribution in [0.25, 0.3) is 55.7 Å². The third-order valence-corrected chi connectivity index (χ3v) is 10.8. The zero-order chi connectivity index (χ0) is 37.7. The maximum Gasteiger partial charge on any atom is 0.157 e. The molecule has 0 spiro atoms. The molecule has 6 aromatic carbocycles. The fourth-order valence-electron chi connectivity index (χ4n) is 6.99. The number of thioether (sulfide) groups is 1. The third kappa shape index (κ3) is 7.30. The normalized spacial score (nSPS) is 15.1. The number of fused-ring (bicyclic) bond motifs is 4. The van der Waals surface area contributed by atoms with E-state index in [4.69, 9.17) is 20.1 Å². The van der Waals surface area contributed by atoms with Crippen molar-refractivity contribution in [3.63, 3.8) is 0 Å². The summed E-state index contributed by atoms with van der Waals surface area (Å²) >= 11 is 1.77. The molecule has 0 atom stereocenters. The zero-order valence-corrected chi connectivity index (χ0v) is 31.4. The summed E-state index contributed by atoms with van der Waals surface area (Å²) in [6, 6.07) is 45.6. The molecule has 0 saturated carbocycles. The molecule has 7 aromatic rings. The van der Waals surface area contributed by atoms with Crippen molar-refractivity contribution in [2.24, 2.45) is 15.7 Å². The van der Waals surface area contributed by atoms with E-state index in [1.54, 1.807) is 11.8 Å². The second kappa shape index (κ2) is 15.7. The number of benzene rings is 6. The van der Waals surface area contributed by atoms with Gasteiger partial charge in [0.1, 0.15) is 17.0 Å². The molecule has 1 aromatic heterocycles. The number of hydrogen-bond donors (Lipinski definition) is 1. The molecule has 1 aliphatic rings. The van der Waals surface area contributed by atoms with E-state index in [-0.39, 0.29) is 0 Å². The molecular weight excluding hydrogens is 691 g/mol. The number of rotatable bonds is 8. The van der Waals surface area contributed by atoms with Gasteiger partial charge in [-0.3, -0.25) is 4.99 Å². The van der Waals surface area contributed by atoms with E-state index in [0.29, 0.717) is 18.2 Å². The standard InChI is InChI=1S/C50H39N3OS/c1-4-15-35-26-27-39(30-34(35)5-2)49(51)53-50(37-19-10-7-11-20-37)52-32-40-21-13-23-44-48(40)42-31-38(28-29-43(42)54-44)41-22-14-25-46-47(41)33(3)16-12-24-45(55-46)36-17-8-6-9-18-36/h4-31H,2-3,32H2,1H3,(H2,51,52,53)/b15-4-,16-12-,45-24-. The van der Waals surface area contributed by atoms with Crippen LogP contribution < -0.4 is 5.73 Å². The minimum atomic E-state index is 0.378. The molecular formula is C50H39N3OS. The number of nitrogens with zero attached hydrogens (tertiary/aromatic N) is 2. The van der Waals surface area contributed by atoms with Crippen LogP contribution in [-0.4, -0.2) is 11.7 Å². The van der Waals surface area contributed by atoms with Gasteiger partial charge in [-0.15, -0.1) is 0 Å². The average Bonchev–Trinajstić information content (AvgIpc) is 3.60. The van der Waals surface area contributed by atoms with Gasteiger partial charge in [-0.05, 0) is 82.3 Å². The first-order valence-electron chi connectivity index (χ1n) is 18.2. The predicted molar refractivity (Wildman–Crippen MR) is 236 cm³/mol. The zero-order valence-electron chi connectivity index (χ0n) is 30.6. The Kier molecular flexibility index (Phi) is 10.1. The van der Waals surface area contributed by atoms with Crippen LogP contribution in [0.1, 0.15) is 45.9 Å². The maximum absolute atomic E-state index is 6.67. The Morgan fingerprint density at radius 3 is 2.38 bits per heavy atom. The van der Waals surface area contributed by atoms with Gasteiger partial charge >= 0.3 is 0 Å². The van der Waals surface area contributed by atoms with E-state index in [9.17, 15) is 0 Å². The van der Waals surface area contributed by atoms with Crippen molar-refractivity contribution < 1.29 is 4.42 Å². The van der Waals surface area contributed by atoms with E-state index in [2.05, 4.69) is 104 Å². The van der Waals surface area contributed by atoms with Crippen LogP contribution >= 0.6 is 11.8 Å². The van der Waals surface area contributed by atoms with Gasteiger partial charge in [0.15, 0.2) is 5.84 Å². The first kappa shape index (κ1) is 35.3. The average molecular weight is 730 g/mol. The summed E-state index contributed by atoms with van der Waals surface area (Å²) in [7, 11) is 0. The molecule has 1 aliphatic heterocycles. The van der Waals surface area contributed by atoms with E-state index < -0.39 is 0 Å². The van der Waals surface area contributed by atoms with Crippen molar-refractivity contribution in [2.75, 3.05) is 0 Å². The van der Waals surface area contributed by atoms with E-state index in [1.165, 1.54) is 10.5 Å². The summed E-state index contributed by atoms with van der Waals surface area (Å²) in [6.45, 7) is 10.9. The summed E-state index contributed by atoms with van der Waals surface area (Å²) in [5.74, 6) is 0.935. The van der Waals surface area contributed by atoms with Crippen molar-refractivity contribution in [1.82, 2.24) is 0 Å². The lowest BCUT2D eigenvalue weighted by molar-refractivity contribution is 0.668. The monoisotopic (exact) mass is 729 g/mol. The van der Waals surface area contributed by atoms with Crippen molar-refractivity contribution in [3.8, 4) is 11.1 Å². The Labute approximate surface area is 326 Å². The third-order valence-electron chi connectivity index (χ3n) is 9.67. The fraction of sp³-hybridized carbons (Fsp3) is 0.0400. The van der Waals surface area contributed by atoms with E-state index in [1.807, 2.05) is 85.8 Å². The van der Waals surface area contributed by atoms with Gasteiger partial charge in [0.25, 0.3) is 0 Å². The van der Waals surface area contributed by atoms with Gasteiger partial charge in [0.2, 0.25) is 0 Å². The minimum absolute atomic E-state index is 0.378. The first-order chi connectivity index (χ1) is 27.0. The Bertz CT molecular complexity index is 2750. The van der Waals surface area contributed by atoms with Crippen LogP contribution in [0.2, 0.25) is 0 Å². The molecule has 0 radical (unpaired) electrons. The molecule has 0 saturated heterocycles. The van der Waals surface area contributed by atoms with Crippen molar-refractivity contribution in [1.29, 1.82) is 0 Å². The van der Waals surface area contributed by atoms with Gasteiger partial charge in [0, 0.05) is 37.3 Å². The Hall–Kier alpha value is -6.69. The Balaban J connectivity index is 1.19. The van der Waals surface area contributed by atoms with Crippen molar-refractivity contribution >= 4 is 68.0 Å². The maximum atomic E-state index is 6.67. The Morgan fingerprint density at radius 2 is 1.58 bits per heavy atom. The fourth-order valence-corrected chi connectivity index (χ4v) is 8.12. The lowest BCUT2D eigenvalue weighted by Crippen LogP contribution is -2.16. The second-order valence-corrected chi connectivity index (χ2v) is 14.3. The highest BCUT2D eigenvalue weighted by molar-refractivity contribution is 8.08. The van der Waals surface area contributed by atoms with Crippen molar-refractivity contribution in [3.05, 3.63) is 210 Å². The van der Waals surface area contributed by atoms with Gasteiger partial charge in [-0.1, -0.05) is 158 Å². The molecule has 8 rings (SSSR count). The molecule has 55 heavy (non-hydrogen) atoms. The van der Waals surface area contributed by atoms with Crippen LogP contribution in [0.4, 0.5) is 0 Å². The van der Waals surface area contributed by atoms with Crippen molar-refractivity contribution in [2.45, 2.75) is 18.4 Å². The molecule has 0 aliphatic carbocycles. The molecule has 4 nitrogen and oxygen atoms in total. The summed E-state index contributed by atoms with van der Waals surface area (Å²) in [6.07, 6.45) is 12.3. The molecule has 0 fully saturated rings. The molecule has 266 valence electrons. The van der Waals surface area contributed by atoms with Gasteiger partial charge < -0.3 is 10.2 Å².